The number of hydrogen-bond acceptors (Lipinski definition) is 8. The SMILES string of the molecule is NN1CCC2(CC1)C(=O)Nc1ccc(-c3cnc4nnn(Cc5ccc6ncccc6c5)c4n3)cc12. The Morgan fingerprint density at radius 2 is 1.94 bits per heavy atom. The molecular weight excluding hydrogens is 454 g/mol. The van der Waals surface area contributed by atoms with Gasteiger partial charge in [0.05, 0.1) is 29.4 Å². The average Bonchev–Trinajstić information content (AvgIpc) is 3.43. The quantitative estimate of drug-likeness (QED) is 0.380. The van der Waals surface area contributed by atoms with Gasteiger partial charge in [-0.25, -0.2) is 19.7 Å². The Hall–Kier alpha value is -4.28. The Morgan fingerprint density at radius 3 is 2.83 bits per heavy atom. The molecule has 1 fully saturated rings. The van der Waals surface area contributed by atoms with Crippen LogP contribution in [0.3, 0.4) is 0 Å². The highest BCUT2D eigenvalue weighted by atomic mass is 16.2. The maximum atomic E-state index is 13.0. The second-order valence-electron chi connectivity index (χ2n) is 9.51. The number of aromatic nitrogens is 6. The Balaban J connectivity index is 1.25. The number of benzene rings is 2. The predicted molar refractivity (Wildman–Crippen MR) is 135 cm³/mol. The van der Waals surface area contributed by atoms with Crippen molar-refractivity contribution in [2.24, 2.45) is 5.84 Å². The van der Waals surface area contributed by atoms with Gasteiger partial charge in [0.2, 0.25) is 11.6 Å². The number of carbonyl (C=O) groups excluding carboxylic acids is 1. The number of nitrogens with two attached hydrogens (primary N) is 1. The van der Waals surface area contributed by atoms with Crippen LogP contribution in [0.15, 0.2) is 60.9 Å². The number of hydrazine groups is 1. The molecular formula is C26H23N9O. The number of amides is 1. The molecule has 0 radical (unpaired) electrons. The Labute approximate surface area is 206 Å². The molecule has 5 aromatic rings. The predicted octanol–water partition coefficient (Wildman–Crippen LogP) is 2.64. The van der Waals surface area contributed by atoms with Gasteiger partial charge in [0.1, 0.15) is 0 Å². The van der Waals surface area contributed by atoms with Crippen LogP contribution in [-0.4, -0.2) is 54.0 Å². The van der Waals surface area contributed by atoms with E-state index in [1.807, 2.05) is 36.4 Å². The van der Waals surface area contributed by atoms with Crippen molar-refractivity contribution in [1.29, 1.82) is 0 Å². The van der Waals surface area contributed by atoms with Crippen LogP contribution >= 0.6 is 0 Å². The summed E-state index contributed by atoms with van der Waals surface area (Å²) in [5, 5.41) is 14.4. The molecule has 0 atom stereocenters. The van der Waals surface area contributed by atoms with Gasteiger partial charge in [-0.05, 0) is 54.3 Å². The van der Waals surface area contributed by atoms with E-state index >= 15 is 0 Å². The number of anilines is 1. The number of piperidine rings is 1. The third kappa shape index (κ3) is 3.26. The number of pyridine rings is 1. The summed E-state index contributed by atoms with van der Waals surface area (Å²) in [7, 11) is 0. The van der Waals surface area contributed by atoms with Gasteiger partial charge >= 0.3 is 0 Å². The molecule has 10 nitrogen and oxygen atoms in total. The number of nitrogens with zero attached hydrogens (tertiary/aromatic N) is 7. The first-order chi connectivity index (χ1) is 17.6. The first-order valence-corrected chi connectivity index (χ1v) is 11.9. The molecule has 2 aromatic carbocycles. The fraction of sp³-hybridized carbons (Fsp3) is 0.231. The maximum absolute atomic E-state index is 13.0. The van der Waals surface area contributed by atoms with Crippen LogP contribution in [0.25, 0.3) is 33.5 Å². The van der Waals surface area contributed by atoms with E-state index in [9.17, 15) is 4.79 Å². The van der Waals surface area contributed by atoms with Crippen LogP contribution in [-0.2, 0) is 16.8 Å². The van der Waals surface area contributed by atoms with Crippen LogP contribution in [0.5, 0.6) is 0 Å². The van der Waals surface area contributed by atoms with Gasteiger partial charge in [0.25, 0.3) is 0 Å². The van der Waals surface area contributed by atoms with E-state index < -0.39 is 5.41 Å². The molecule has 36 heavy (non-hydrogen) atoms. The lowest BCUT2D eigenvalue weighted by molar-refractivity contribution is -0.122. The van der Waals surface area contributed by atoms with Gasteiger partial charge in [-0.15, -0.1) is 5.10 Å². The second kappa shape index (κ2) is 7.87. The number of rotatable bonds is 3. The lowest BCUT2D eigenvalue weighted by Crippen LogP contribution is -2.48. The molecule has 0 bridgehead atoms. The summed E-state index contributed by atoms with van der Waals surface area (Å²) in [5.74, 6) is 6.03. The van der Waals surface area contributed by atoms with Gasteiger partial charge in [-0.2, -0.15) is 0 Å². The van der Waals surface area contributed by atoms with Crippen LogP contribution < -0.4 is 11.2 Å². The minimum Gasteiger partial charge on any atom is -0.325 e. The topological polar surface area (TPSA) is 128 Å². The molecule has 0 saturated carbocycles. The van der Waals surface area contributed by atoms with E-state index in [1.165, 1.54) is 0 Å². The molecule has 10 heteroatoms. The lowest BCUT2D eigenvalue weighted by Gasteiger charge is -2.35. The zero-order valence-electron chi connectivity index (χ0n) is 19.4. The highest BCUT2D eigenvalue weighted by molar-refractivity contribution is 6.06. The summed E-state index contributed by atoms with van der Waals surface area (Å²) in [5.41, 5.74) is 6.06. The summed E-state index contributed by atoms with van der Waals surface area (Å²) in [4.78, 5) is 26.8. The monoisotopic (exact) mass is 477 g/mol. The van der Waals surface area contributed by atoms with E-state index in [4.69, 9.17) is 10.8 Å². The van der Waals surface area contributed by atoms with Crippen molar-refractivity contribution < 1.29 is 4.79 Å². The number of fused-ring (bicyclic) bond motifs is 4. The van der Waals surface area contributed by atoms with Crippen LogP contribution in [0.2, 0.25) is 0 Å². The van der Waals surface area contributed by atoms with Gasteiger partial charge in [-0.1, -0.05) is 23.4 Å². The number of hydrogen-bond donors (Lipinski definition) is 2. The zero-order valence-corrected chi connectivity index (χ0v) is 19.4. The average molecular weight is 478 g/mol. The smallest absolute Gasteiger partial charge is 0.235 e. The van der Waals surface area contributed by atoms with Crippen molar-refractivity contribution in [1.82, 2.24) is 35.0 Å². The van der Waals surface area contributed by atoms with Crippen molar-refractivity contribution in [3.63, 3.8) is 0 Å². The van der Waals surface area contributed by atoms with Crippen molar-refractivity contribution in [3.05, 3.63) is 72.1 Å². The second-order valence-corrected chi connectivity index (χ2v) is 9.51. The zero-order chi connectivity index (χ0) is 24.3. The molecule has 0 unspecified atom stereocenters. The number of nitrogens with one attached hydrogen (secondary N) is 1. The highest BCUT2D eigenvalue weighted by Crippen LogP contribution is 2.45. The Bertz CT molecular complexity index is 1650. The molecule has 7 rings (SSSR count). The van der Waals surface area contributed by atoms with Crippen LogP contribution in [0, 0.1) is 0 Å². The fourth-order valence-electron chi connectivity index (χ4n) is 5.37. The molecule has 2 aliphatic rings. The van der Waals surface area contributed by atoms with Crippen molar-refractivity contribution >= 4 is 33.8 Å². The summed E-state index contributed by atoms with van der Waals surface area (Å²) < 4.78 is 1.76. The Kier molecular flexibility index (Phi) is 4.60. The van der Waals surface area contributed by atoms with Crippen LogP contribution in [0.1, 0.15) is 24.0 Å². The molecule has 178 valence electrons. The van der Waals surface area contributed by atoms with Gasteiger partial charge < -0.3 is 5.32 Å². The van der Waals surface area contributed by atoms with E-state index in [0.29, 0.717) is 49.5 Å². The molecule has 1 saturated heterocycles. The lowest BCUT2D eigenvalue weighted by atomic mass is 9.73. The normalized spacial score (nSPS) is 17.1. The molecule has 1 amide bonds. The summed E-state index contributed by atoms with van der Waals surface area (Å²) in [6.07, 6.45) is 4.88. The van der Waals surface area contributed by atoms with Crippen molar-refractivity contribution in [2.45, 2.75) is 24.8 Å². The van der Waals surface area contributed by atoms with E-state index in [2.05, 4.69) is 37.7 Å². The first-order valence-electron chi connectivity index (χ1n) is 11.9. The highest BCUT2D eigenvalue weighted by Gasteiger charge is 2.48. The van der Waals surface area contributed by atoms with Crippen molar-refractivity contribution in [3.8, 4) is 11.3 Å². The number of carbonyl (C=O) groups is 1. The molecule has 3 N–H and O–H groups in total. The molecule has 5 heterocycles. The van der Waals surface area contributed by atoms with E-state index in [-0.39, 0.29) is 5.91 Å². The minimum atomic E-state index is -0.549. The molecule has 3 aromatic heterocycles. The van der Waals surface area contributed by atoms with E-state index in [1.54, 1.807) is 22.1 Å². The summed E-state index contributed by atoms with van der Waals surface area (Å²) in [6.45, 7) is 1.87. The minimum absolute atomic E-state index is 0.0529. The van der Waals surface area contributed by atoms with Gasteiger partial charge in [0, 0.05) is 35.9 Å². The third-order valence-electron chi connectivity index (χ3n) is 7.39. The first kappa shape index (κ1) is 21.0. The molecule has 1 spiro atoms. The van der Waals surface area contributed by atoms with Gasteiger partial charge in [-0.3, -0.25) is 15.6 Å². The third-order valence-corrected chi connectivity index (χ3v) is 7.39. The summed E-state index contributed by atoms with van der Waals surface area (Å²) in [6, 6.07) is 16.1. The van der Waals surface area contributed by atoms with Gasteiger partial charge in [0.15, 0.2) is 5.65 Å². The summed E-state index contributed by atoms with van der Waals surface area (Å²) >= 11 is 0. The van der Waals surface area contributed by atoms with Crippen molar-refractivity contribution in [2.75, 3.05) is 18.4 Å². The maximum Gasteiger partial charge on any atom is 0.235 e. The van der Waals surface area contributed by atoms with E-state index in [0.717, 1.165) is 33.3 Å². The molecule has 2 aliphatic heterocycles. The Morgan fingerprint density at radius 1 is 1.06 bits per heavy atom. The molecule has 0 aliphatic carbocycles. The van der Waals surface area contributed by atoms with Crippen LogP contribution in [0.4, 0.5) is 5.69 Å². The standard InChI is InChI=1S/C26H23N9O/c27-34-10-7-26(8-11-34)19-13-18(4-6-21(19)31-25(26)36)22-14-29-23-24(30-22)35(33-32-23)15-16-3-5-20-17(12-16)2-1-9-28-20/h1-6,9,12-14H,7-8,10-11,15,27H2,(H,31,36). The fourth-order valence-corrected chi connectivity index (χ4v) is 5.37. The largest absolute Gasteiger partial charge is 0.325 e.